The minimum absolute atomic E-state index is 0.287. The van der Waals surface area contributed by atoms with Crippen molar-refractivity contribution < 1.29 is 4.74 Å². The summed E-state index contributed by atoms with van der Waals surface area (Å²) in [4.78, 5) is 0. The summed E-state index contributed by atoms with van der Waals surface area (Å²) < 4.78 is 7.51. The lowest BCUT2D eigenvalue weighted by molar-refractivity contribution is 0.208. The smallest absolute Gasteiger partial charge is 0.124 e. The van der Waals surface area contributed by atoms with Crippen molar-refractivity contribution >= 4 is 0 Å². The predicted molar refractivity (Wildman–Crippen MR) is 73.9 cm³/mol. The van der Waals surface area contributed by atoms with Crippen molar-refractivity contribution in [1.82, 2.24) is 9.78 Å². The van der Waals surface area contributed by atoms with Crippen LogP contribution in [-0.4, -0.2) is 16.4 Å². The highest BCUT2D eigenvalue weighted by molar-refractivity contribution is 5.40. The number of para-hydroxylation sites is 1. The number of aromatic nitrogens is 2. The van der Waals surface area contributed by atoms with Gasteiger partial charge in [-0.25, -0.2) is 0 Å². The number of fused-ring (bicyclic) bond motifs is 1. The largest absolute Gasteiger partial charge is 0.493 e. The van der Waals surface area contributed by atoms with Gasteiger partial charge in [0.25, 0.3) is 0 Å². The lowest BCUT2D eigenvalue weighted by Gasteiger charge is -2.35. The normalized spacial score (nSPS) is 21.8. The maximum absolute atomic E-state index is 6.62. The molecule has 1 aromatic carbocycles. The van der Waals surface area contributed by atoms with Crippen molar-refractivity contribution in [3.63, 3.8) is 0 Å². The van der Waals surface area contributed by atoms with Crippen LogP contribution in [0.2, 0.25) is 0 Å². The zero-order valence-corrected chi connectivity index (χ0v) is 11.2. The monoisotopic (exact) mass is 257 g/mol. The van der Waals surface area contributed by atoms with Crippen molar-refractivity contribution in [2.24, 2.45) is 12.8 Å². The molecule has 4 nitrogen and oxygen atoms in total. The summed E-state index contributed by atoms with van der Waals surface area (Å²) in [7, 11) is 1.94. The standard InChI is InChI=1S/C15H19N3O/c1-18-11-12(10-17-18)6-7-15(16)8-9-19-14-5-3-2-4-13(14)15/h2-5,10-11H,6-9,16H2,1H3. The molecule has 0 saturated heterocycles. The number of nitrogens with zero attached hydrogens (tertiary/aromatic N) is 2. The Bertz CT molecular complexity index is 578. The van der Waals surface area contributed by atoms with Gasteiger partial charge >= 0.3 is 0 Å². The molecule has 19 heavy (non-hydrogen) atoms. The van der Waals surface area contributed by atoms with E-state index in [0.29, 0.717) is 6.61 Å². The first-order chi connectivity index (χ1) is 9.17. The highest BCUT2D eigenvalue weighted by Crippen LogP contribution is 2.37. The van der Waals surface area contributed by atoms with Crippen LogP contribution in [0.4, 0.5) is 0 Å². The van der Waals surface area contributed by atoms with Crippen LogP contribution in [0, 0.1) is 0 Å². The minimum Gasteiger partial charge on any atom is -0.493 e. The van der Waals surface area contributed by atoms with Gasteiger partial charge in [0.1, 0.15) is 5.75 Å². The lowest BCUT2D eigenvalue weighted by atomic mass is 9.81. The lowest BCUT2D eigenvalue weighted by Crippen LogP contribution is -2.41. The van der Waals surface area contributed by atoms with E-state index in [1.807, 2.05) is 36.1 Å². The Kier molecular flexibility index (Phi) is 3.03. The topological polar surface area (TPSA) is 53.1 Å². The molecule has 0 fully saturated rings. The second-order valence-corrected chi connectivity index (χ2v) is 5.27. The fraction of sp³-hybridized carbons (Fsp3) is 0.400. The minimum atomic E-state index is -0.287. The third kappa shape index (κ3) is 2.36. The average Bonchev–Trinajstić information content (AvgIpc) is 2.83. The summed E-state index contributed by atoms with van der Waals surface area (Å²) in [5.41, 5.74) is 8.69. The summed E-state index contributed by atoms with van der Waals surface area (Å²) >= 11 is 0. The first kappa shape index (κ1) is 12.2. The number of aryl methyl sites for hydroxylation is 2. The van der Waals surface area contributed by atoms with E-state index in [-0.39, 0.29) is 5.54 Å². The fourth-order valence-electron chi connectivity index (χ4n) is 2.71. The molecule has 1 atom stereocenters. The Labute approximate surface area is 113 Å². The number of ether oxygens (including phenoxy) is 1. The van der Waals surface area contributed by atoms with E-state index in [9.17, 15) is 0 Å². The highest BCUT2D eigenvalue weighted by Gasteiger charge is 2.33. The van der Waals surface area contributed by atoms with Gasteiger partial charge in [-0.2, -0.15) is 5.10 Å². The van der Waals surface area contributed by atoms with Gasteiger partial charge in [-0.1, -0.05) is 18.2 Å². The molecule has 0 amide bonds. The molecule has 1 aromatic heterocycles. The molecule has 0 bridgehead atoms. The maximum Gasteiger partial charge on any atom is 0.124 e. The second kappa shape index (κ2) is 4.70. The number of hydrogen-bond acceptors (Lipinski definition) is 3. The van der Waals surface area contributed by atoms with Crippen LogP contribution in [0.5, 0.6) is 5.75 Å². The summed E-state index contributed by atoms with van der Waals surface area (Å²) in [5.74, 6) is 0.933. The SMILES string of the molecule is Cn1cc(CCC2(N)CCOc3ccccc32)cn1. The van der Waals surface area contributed by atoms with E-state index < -0.39 is 0 Å². The molecule has 0 spiro atoms. The first-order valence-electron chi connectivity index (χ1n) is 6.66. The van der Waals surface area contributed by atoms with Gasteiger partial charge in [-0.15, -0.1) is 0 Å². The Balaban J connectivity index is 1.80. The van der Waals surface area contributed by atoms with Crippen LogP contribution in [0.25, 0.3) is 0 Å². The molecule has 2 aromatic rings. The van der Waals surface area contributed by atoms with Gasteiger partial charge in [-0.3, -0.25) is 4.68 Å². The van der Waals surface area contributed by atoms with Gasteiger partial charge in [0.05, 0.1) is 12.8 Å². The van der Waals surface area contributed by atoms with Crippen LogP contribution in [-0.2, 0) is 19.0 Å². The molecule has 2 N–H and O–H groups in total. The zero-order valence-electron chi connectivity index (χ0n) is 11.2. The van der Waals surface area contributed by atoms with Crippen LogP contribution in [0.1, 0.15) is 24.0 Å². The van der Waals surface area contributed by atoms with E-state index in [2.05, 4.69) is 17.4 Å². The van der Waals surface area contributed by atoms with Gasteiger partial charge in [0.15, 0.2) is 0 Å². The van der Waals surface area contributed by atoms with Crippen molar-refractivity contribution in [2.75, 3.05) is 6.61 Å². The maximum atomic E-state index is 6.62. The van der Waals surface area contributed by atoms with E-state index in [4.69, 9.17) is 10.5 Å². The predicted octanol–water partition coefficient (Wildman–Crippen LogP) is 1.99. The van der Waals surface area contributed by atoms with Gasteiger partial charge in [0.2, 0.25) is 0 Å². The van der Waals surface area contributed by atoms with Gasteiger partial charge < -0.3 is 10.5 Å². The van der Waals surface area contributed by atoms with Crippen molar-refractivity contribution in [1.29, 1.82) is 0 Å². The molecule has 1 unspecified atom stereocenters. The van der Waals surface area contributed by atoms with Gasteiger partial charge in [0, 0.05) is 30.8 Å². The summed E-state index contributed by atoms with van der Waals surface area (Å²) in [6, 6.07) is 8.10. The quantitative estimate of drug-likeness (QED) is 0.915. The first-order valence-corrected chi connectivity index (χ1v) is 6.66. The molecule has 1 aliphatic rings. The van der Waals surface area contributed by atoms with Crippen LogP contribution in [0.15, 0.2) is 36.7 Å². The average molecular weight is 257 g/mol. The second-order valence-electron chi connectivity index (χ2n) is 5.27. The van der Waals surface area contributed by atoms with E-state index in [1.165, 1.54) is 5.56 Å². The molecule has 0 aliphatic carbocycles. The molecule has 2 heterocycles. The van der Waals surface area contributed by atoms with Gasteiger partial charge in [-0.05, 0) is 24.5 Å². The summed E-state index contributed by atoms with van der Waals surface area (Å²) in [6.07, 6.45) is 6.69. The highest BCUT2D eigenvalue weighted by atomic mass is 16.5. The Morgan fingerprint density at radius 1 is 1.42 bits per heavy atom. The number of benzene rings is 1. The number of nitrogens with two attached hydrogens (primary N) is 1. The van der Waals surface area contributed by atoms with Crippen LogP contribution < -0.4 is 10.5 Å². The fourth-order valence-corrected chi connectivity index (χ4v) is 2.71. The molecule has 1 aliphatic heterocycles. The molecular weight excluding hydrogens is 238 g/mol. The van der Waals surface area contributed by atoms with E-state index in [0.717, 1.165) is 30.6 Å². The third-order valence-electron chi connectivity index (χ3n) is 3.85. The molecule has 0 radical (unpaired) electrons. The van der Waals surface area contributed by atoms with Crippen molar-refractivity contribution in [3.05, 3.63) is 47.8 Å². The molecular formula is C15H19N3O. The Morgan fingerprint density at radius 2 is 2.26 bits per heavy atom. The van der Waals surface area contributed by atoms with E-state index in [1.54, 1.807) is 0 Å². The number of hydrogen-bond donors (Lipinski definition) is 1. The number of rotatable bonds is 3. The zero-order chi connectivity index (χ0) is 13.3. The summed E-state index contributed by atoms with van der Waals surface area (Å²) in [6.45, 7) is 0.695. The molecule has 3 rings (SSSR count). The van der Waals surface area contributed by atoms with Crippen LogP contribution >= 0.6 is 0 Å². The Morgan fingerprint density at radius 3 is 3.05 bits per heavy atom. The third-order valence-corrected chi connectivity index (χ3v) is 3.85. The summed E-state index contributed by atoms with van der Waals surface area (Å²) in [5, 5.41) is 4.20. The molecule has 100 valence electrons. The van der Waals surface area contributed by atoms with Crippen LogP contribution in [0.3, 0.4) is 0 Å². The van der Waals surface area contributed by atoms with E-state index >= 15 is 0 Å². The molecule has 0 saturated carbocycles. The van der Waals surface area contributed by atoms with Crippen molar-refractivity contribution in [2.45, 2.75) is 24.8 Å². The Hall–Kier alpha value is -1.81. The molecule has 4 heteroatoms. The van der Waals surface area contributed by atoms with Crippen molar-refractivity contribution in [3.8, 4) is 5.75 Å².